The Kier molecular flexibility index (Phi) is 14.0. The number of esters is 8. The standard InChI is InChI=1S/C28H38O19/c1-10(29)38-9-18-20(39-11(2)30)23(42-14(5)33)27(45-17(8)36)28(46-18)47-26-24(43-15(6)34)21(40-12(3)31)19(37)22(41-13(4)32)25(26)44-16(7)35/h18-28,37H,9H2,1-8H3/t18-,19?,20+,21-,22+,23+,24+,25-,26?,27-,28+/m1/s1. The van der Waals surface area contributed by atoms with E-state index in [0.29, 0.717) is 0 Å². The van der Waals surface area contributed by atoms with Crippen LogP contribution < -0.4 is 0 Å². The van der Waals surface area contributed by atoms with Crippen LogP contribution in [0.15, 0.2) is 0 Å². The molecule has 0 aromatic heterocycles. The lowest BCUT2D eigenvalue weighted by molar-refractivity contribution is -0.343. The van der Waals surface area contributed by atoms with Crippen LogP contribution in [0.1, 0.15) is 55.4 Å². The van der Waals surface area contributed by atoms with Crippen LogP contribution in [-0.2, 0) is 85.7 Å². The zero-order chi connectivity index (χ0) is 35.7. The van der Waals surface area contributed by atoms with Crippen LogP contribution in [0.5, 0.6) is 0 Å². The van der Waals surface area contributed by atoms with Gasteiger partial charge < -0.3 is 52.5 Å². The van der Waals surface area contributed by atoms with Gasteiger partial charge in [-0.2, -0.15) is 0 Å². The molecule has 1 heterocycles. The molecular formula is C28H38O19. The largest absolute Gasteiger partial charge is 0.463 e. The van der Waals surface area contributed by atoms with Crippen LogP contribution in [0.25, 0.3) is 0 Å². The van der Waals surface area contributed by atoms with Crippen molar-refractivity contribution in [1.29, 1.82) is 0 Å². The van der Waals surface area contributed by atoms with E-state index in [1.54, 1.807) is 0 Å². The summed E-state index contributed by atoms with van der Waals surface area (Å²) in [5, 5.41) is 11.2. The summed E-state index contributed by atoms with van der Waals surface area (Å²) >= 11 is 0. The summed E-state index contributed by atoms with van der Waals surface area (Å²) in [6.07, 6.45) is -19.6. The third kappa shape index (κ3) is 11.1. The van der Waals surface area contributed by atoms with Gasteiger partial charge in [0, 0.05) is 55.4 Å². The lowest BCUT2D eigenvalue weighted by Gasteiger charge is -2.49. The van der Waals surface area contributed by atoms with Gasteiger partial charge in [-0.25, -0.2) is 0 Å². The van der Waals surface area contributed by atoms with E-state index in [2.05, 4.69) is 0 Å². The molecule has 19 heteroatoms. The van der Waals surface area contributed by atoms with Gasteiger partial charge >= 0.3 is 47.8 Å². The second kappa shape index (κ2) is 17.0. The molecule has 0 aromatic carbocycles. The van der Waals surface area contributed by atoms with Gasteiger partial charge in [0.1, 0.15) is 24.9 Å². The molecule has 0 amide bonds. The highest BCUT2D eigenvalue weighted by Crippen LogP contribution is 2.37. The minimum Gasteiger partial charge on any atom is -0.463 e. The monoisotopic (exact) mass is 678 g/mol. The van der Waals surface area contributed by atoms with E-state index in [4.69, 9.17) is 47.4 Å². The Morgan fingerprint density at radius 2 is 0.766 bits per heavy atom. The van der Waals surface area contributed by atoms with Gasteiger partial charge in [-0.3, -0.25) is 38.4 Å². The maximum atomic E-state index is 12.3. The first kappa shape index (κ1) is 38.8. The predicted octanol–water partition coefficient (Wildman–Crippen LogP) is -1.44. The molecule has 0 radical (unpaired) electrons. The summed E-state index contributed by atoms with van der Waals surface area (Å²) in [5.74, 6) is -7.58. The number of aliphatic hydroxyl groups excluding tert-OH is 1. The summed E-state index contributed by atoms with van der Waals surface area (Å²) in [7, 11) is 0. The number of hydrogen-bond acceptors (Lipinski definition) is 19. The average molecular weight is 679 g/mol. The van der Waals surface area contributed by atoms with E-state index >= 15 is 0 Å². The van der Waals surface area contributed by atoms with Crippen molar-refractivity contribution in [3.63, 3.8) is 0 Å². The molecule has 19 nitrogen and oxygen atoms in total. The molecule has 1 saturated heterocycles. The minimum absolute atomic E-state index is 0.631. The molecule has 0 spiro atoms. The van der Waals surface area contributed by atoms with Crippen LogP contribution >= 0.6 is 0 Å². The first-order valence-corrected chi connectivity index (χ1v) is 14.1. The van der Waals surface area contributed by atoms with Gasteiger partial charge in [-0.15, -0.1) is 0 Å². The van der Waals surface area contributed by atoms with Gasteiger partial charge in [0.2, 0.25) is 0 Å². The molecule has 2 fully saturated rings. The van der Waals surface area contributed by atoms with Crippen molar-refractivity contribution < 1.29 is 90.8 Å². The fourth-order valence-corrected chi connectivity index (χ4v) is 5.05. The molecule has 1 saturated carbocycles. The summed E-state index contributed by atoms with van der Waals surface area (Å²) in [6, 6.07) is 0. The Bertz CT molecular complexity index is 1170. The number of rotatable bonds is 11. The van der Waals surface area contributed by atoms with Crippen LogP contribution in [0, 0.1) is 0 Å². The van der Waals surface area contributed by atoms with Crippen molar-refractivity contribution in [1.82, 2.24) is 0 Å². The normalized spacial score (nSPS) is 31.6. The van der Waals surface area contributed by atoms with Crippen molar-refractivity contribution in [2.75, 3.05) is 6.61 Å². The summed E-state index contributed by atoms with van der Waals surface area (Å²) in [6.45, 7) is 7.26. The molecule has 1 N–H and O–H groups in total. The van der Waals surface area contributed by atoms with Crippen molar-refractivity contribution >= 4 is 47.8 Å². The fourth-order valence-electron chi connectivity index (χ4n) is 5.05. The topological polar surface area (TPSA) is 249 Å². The Labute approximate surface area is 268 Å². The number of hydrogen-bond donors (Lipinski definition) is 1. The molecule has 1 aliphatic carbocycles. The zero-order valence-electron chi connectivity index (χ0n) is 26.9. The fraction of sp³-hybridized carbons (Fsp3) is 0.714. The van der Waals surface area contributed by atoms with E-state index in [0.717, 1.165) is 55.4 Å². The molecule has 47 heavy (non-hydrogen) atoms. The van der Waals surface area contributed by atoms with E-state index in [-0.39, 0.29) is 0 Å². The van der Waals surface area contributed by atoms with Crippen LogP contribution in [0.2, 0.25) is 0 Å². The number of carbonyl (C=O) groups excluding carboxylic acids is 8. The highest BCUT2D eigenvalue weighted by molar-refractivity contribution is 5.70. The molecule has 11 atom stereocenters. The second-order valence-electron chi connectivity index (χ2n) is 10.5. The molecule has 0 aromatic rings. The number of aliphatic hydroxyl groups is 1. The third-order valence-corrected chi connectivity index (χ3v) is 6.42. The molecule has 264 valence electrons. The molecular weight excluding hydrogens is 640 g/mol. The van der Waals surface area contributed by atoms with Crippen molar-refractivity contribution in [3.05, 3.63) is 0 Å². The molecule has 1 aliphatic heterocycles. The van der Waals surface area contributed by atoms with Crippen molar-refractivity contribution in [2.24, 2.45) is 0 Å². The smallest absolute Gasteiger partial charge is 0.303 e. The van der Waals surface area contributed by atoms with Crippen LogP contribution in [-0.4, -0.2) is 127 Å². The Balaban J connectivity index is 2.81. The summed E-state index contributed by atoms with van der Waals surface area (Å²) in [4.78, 5) is 96.9. The highest BCUT2D eigenvalue weighted by atomic mass is 16.8. The van der Waals surface area contributed by atoms with Gasteiger partial charge in [-0.1, -0.05) is 0 Å². The molecule has 2 aliphatic rings. The van der Waals surface area contributed by atoms with Crippen LogP contribution in [0.4, 0.5) is 0 Å². The quantitative estimate of drug-likeness (QED) is 0.194. The van der Waals surface area contributed by atoms with Gasteiger partial charge in [0.05, 0.1) is 0 Å². The highest BCUT2D eigenvalue weighted by Gasteiger charge is 2.61. The predicted molar refractivity (Wildman–Crippen MR) is 145 cm³/mol. The minimum atomic E-state index is -1.97. The average Bonchev–Trinajstić information content (AvgIpc) is 2.91. The molecule has 0 bridgehead atoms. The van der Waals surface area contributed by atoms with Gasteiger partial charge in [-0.05, 0) is 0 Å². The Morgan fingerprint density at radius 1 is 0.447 bits per heavy atom. The van der Waals surface area contributed by atoms with E-state index in [9.17, 15) is 43.5 Å². The second-order valence-corrected chi connectivity index (χ2v) is 10.5. The number of ether oxygens (including phenoxy) is 10. The first-order chi connectivity index (χ1) is 21.8. The van der Waals surface area contributed by atoms with Crippen molar-refractivity contribution in [2.45, 2.75) is 123 Å². The van der Waals surface area contributed by atoms with E-state index in [1.807, 2.05) is 0 Å². The lowest BCUT2D eigenvalue weighted by Crippen LogP contribution is -2.70. The molecule has 2 unspecified atom stereocenters. The lowest BCUT2D eigenvalue weighted by atomic mass is 9.83. The SMILES string of the molecule is CC(=O)OC[C@H]1O[C@@H](OC2[C@@H](OC(C)=O)[C@H](OC(C)=O)C(O)[C@H](OC(C)=O)[C@H]2OC(C)=O)[C@H](OC(C)=O)[C@@H](OC(C)=O)[C@H]1OC(C)=O. The first-order valence-electron chi connectivity index (χ1n) is 14.1. The van der Waals surface area contributed by atoms with E-state index < -0.39 is 122 Å². The van der Waals surface area contributed by atoms with E-state index in [1.165, 1.54) is 0 Å². The maximum Gasteiger partial charge on any atom is 0.303 e. The zero-order valence-corrected chi connectivity index (χ0v) is 26.9. The Hall–Kier alpha value is -4.36. The summed E-state index contributed by atoms with van der Waals surface area (Å²) in [5.41, 5.74) is 0. The maximum absolute atomic E-state index is 12.3. The van der Waals surface area contributed by atoms with Gasteiger partial charge in [0.25, 0.3) is 0 Å². The molecule has 2 rings (SSSR count). The van der Waals surface area contributed by atoms with Crippen molar-refractivity contribution in [3.8, 4) is 0 Å². The third-order valence-electron chi connectivity index (χ3n) is 6.42. The van der Waals surface area contributed by atoms with Crippen LogP contribution in [0.3, 0.4) is 0 Å². The summed E-state index contributed by atoms with van der Waals surface area (Å²) < 4.78 is 54.4. The Morgan fingerprint density at radius 3 is 1.13 bits per heavy atom. The van der Waals surface area contributed by atoms with Gasteiger partial charge in [0.15, 0.2) is 49.0 Å². The number of carbonyl (C=O) groups is 8.